The van der Waals surface area contributed by atoms with Crippen molar-refractivity contribution in [3.05, 3.63) is 12.2 Å². The molecular weight excluding hydrogens is 304 g/mol. The quantitative estimate of drug-likeness (QED) is 0.343. The molecule has 0 radical (unpaired) electrons. The first-order valence-corrected chi connectivity index (χ1v) is 22.2. The molecule has 0 unspecified atom stereocenters. The summed E-state index contributed by atoms with van der Waals surface area (Å²) < 4.78 is 11.4. The largest absolute Gasteiger partial charge is 0.436 e. The molecule has 19 heavy (non-hydrogen) atoms. The van der Waals surface area contributed by atoms with Gasteiger partial charge in [-0.25, -0.2) is 4.79 Å². The molecule has 1 heterocycles. The summed E-state index contributed by atoms with van der Waals surface area (Å²) >= 11 is 0. The molecule has 0 atom stereocenters. The van der Waals surface area contributed by atoms with Crippen molar-refractivity contribution >= 4 is 34.6 Å². The summed E-state index contributed by atoms with van der Waals surface area (Å²) in [5.74, 6) is -0.340. The van der Waals surface area contributed by atoms with Crippen molar-refractivity contribution in [1.29, 1.82) is 0 Å². The minimum Gasteiger partial charge on any atom is -0.436 e. The zero-order valence-electron chi connectivity index (χ0n) is 13.6. The van der Waals surface area contributed by atoms with Crippen LogP contribution in [0.1, 0.15) is 6.92 Å². The Kier molecular flexibility index (Phi) is 4.31. The van der Waals surface area contributed by atoms with Crippen LogP contribution in [0.2, 0.25) is 45.8 Å². The molecule has 0 amide bonds. The van der Waals surface area contributed by atoms with E-state index in [-0.39, 0.29) is 12.8 Å². The summed E-state index contributed by atoms with van der Waals surface area (Å²) in [6, 6.07) is 0. The normalized spacial score (nSPS) is 25.3. The zero-order valence-corrected chi connectivity index (χ0v) is 17.6. The number of rotatable bonds is 4. The van der Waals surface area contributed by atoms with Crippen LogP contribution < -0.4 is 0 Å². The molecule has 1 rings (SSSR count). The Labute approximate surface area is 120 Å². The summed E-state index contributed by atoms with van der Waals surface area (Å²) in [5, 5.41) is 0. The second kappa shape index (κ2) is 4.80. The molecule has 1 aliphatic rings. The van der Waals surface area contributed by atoms with Crippen LogP contribution in [0, 0.1) is 0 Å². The van der Waals surface area contributed by atoms with E-state index in [2.05, 4.69) is 52.4 Å². The highest BCUT2D eigenvalue weighted by atomic mass is 30.2. The van der Waals surface area contributed by atoms with E-state index in [1.165, 1.54) is 0 Å². The van der Waals surface area contributed by atoms with Crippen LogP contribution in [0.5, 0.6) is 0 Å². The van der Waals surface area contributed by atoms with Gasteiger partial charge in [0.1, 0.15) is 0 Å². The molecule has 7 heteroatoms. The summed E-state index contributed by atoms with van der Waals surface area (Å²) in [6.07, 6.45) is 0. The third kappa shape index (κ3) is 2.10. The molecule has 0 saturated carbocycles. The maximum absolute atomic E-state index is 11.4. The van der Waals surface area contributed by atoms with Crippen LogP contribution in [-0.2, 0) is 14.0 Å². The summed E-state index contributed by atoms with van der Waals surface area (Å²) in [5.41, 5.74) is 0.437. The van der Waals surface area contributed by atoms with Gasteiger partial charge in [-0.05, 0) is 6.92 Å². The van der Waals surface area contributed by atoms with E-state index in [0.29, 0.717) is 5.57 Å². The predicted octanol–water partition coefficient (Wildman–Crippen LogP) is 3.11. The Morgan fingerprint density at radius 3 is 1.74 bits per heavy atom. The van der Waals surface area contributed by atoms with Crippen LogP contribution in [0.25, 0.3) is 0 Å². The lowest BCUT2D eigenvalue weighted by atomic mass is 10.4. The molecule has 0 bridgehead atoms. The molecule has 0 aromatic heterocycles. The first-order valence-electron chi connectivity index (χ1n) is 6.79. The Balaban J connectivity index is 2.78. The van der Waals surface area contributed by atoms with Gasteiger partial charge in [-0.2, -0.15) is 0 Å². The monoisotopic (exact) mass is 332 g/mol. The first kappa shape index (κ1) is 17.1. The third-order valence-corrected chi connectivity index (χ3v) is 103. The number of ether oxygens (including phenoxy) is 1. The van der Waals surface area contributed by atoms with E-state index < -0.39 is 28.7 Å². The van der Waals surface area contributed by atoms with Gasteiger partial charge < -0.3 is 9.16 Å². The van der Waals surface area contributed by atoms with Gasteiger partial charge in [-0.15, -0.1) is 0 Å². The van der Waals surface area contributed by atoms with Crippen molar-refractivity contribution in [1.82, 2.24) is 0 Å². The molecule has 1 aliphatic heterocycles. The molecule has 0 spiro atoms. The second-order valence-electron chi connectivity index (χ2n) is 7.38. The Morgan fingerprint density at radius 1 is 0.947 bits per heavy atom. The summed E-state index contributed by atoms with van der Waals surface area (Å²) in [4.78, 5) is 11.4. The Morgan fingerprint density at radius 2 is 1.37 bits per heavy atom. The standard InChI is InChI=1S/C12H28O3Si4/c1-11(2)12(13)14-10-15-19(9)17(5,6)16(3,4)18(19,7)8/h1,10H2,2-9H3. The molecule has 1 saturated heterocycles. The van der Waals surface area contributed by atoms with Crippen molar-refractivity contribution in [2.45, 2.75) is 52.8 Å². The zero-order chi connectivity index (χ0) is 15.3. The van der Waals surface area contributed by atoms with Gasteiger partial charge >= 0.3 is 5.97 Å². The third-order valence-electron chi connectivity index (χ3n) is 6.40. The Hall–Kier alpha value is 0.0375. The lowest BCUT2D eigenvalue weighted by Crippen LogP contribution is -3.02. The summed E-state index contributed by atoms with van der Waals surface area (Å²) in [6.45, 7) is 22.9. The molecule has 110 valence electrons. The lowest BCUT2D eigenvalue weighted by molar-refractivity contribution is -0.145. The predicted molar refractivity (Wildman–Crippen MR) is 90.9 cm³/mol. The highest BCUT2D eigenvalue weighted by Crippen LogP contribution is 2.51. The van der Waals surface area contributed by atoms with Crippen molar-refractivity contribution < 1.29 is 14.0 Å². The van der Waals surface area contributed by atoms with Crippen LogP contribution in [-0.4, -0.2) is 41.4 Å². The van der Waals surface area contributed by atoms with Gasteiger partial charge in [0.15, 0.2) is 14.1 Å². The average Bonchev–Trinajstić information content (AvgIpc) is 2.26. The van der Waals surface area contributed by atoms with Gasteiger partial charge in [0.25, 0.3) is 0 Å². The van der Waals surface area contributed by atoms with E-state index in [4.69, 9.17) is 9.16 Å². The van der Waals surface area contributed by atoms with Crippen molar-refractivity contribution in [2.24, 2.45) is 0 Å². The maximum atomic E-state index is 11.4. The fraction of sp³-hybridized carbons (Fsp3) is 0.750. The Bertz CT molecular complexity index is 397. The SMILES string of the molecule is C=C(C)C(=O)OCO[Si]1(C)[Si](C)(C)[Si](C)(C)[Si]1(C)C. The number of hydrogen-bond donors (Lipinski definition) is 0. The number of hydrogen-bond acceptors (Lipinski definition) is 3. The molecule has 0 N–H and O–H groups in total. The fourth-order valence-corrected chi connectivity index (χ4v) is 132. The molecule has 1 fully saturated rings. The number of carbonyl (C=O) groups is 1. The maximum Gasteiger partial charge on any atom is 0.335 e. The molecule has 0 aromatic rings. The number of carbonyl (C=O) groups excluding carboxylic acids is 1. The van der Waals surface area contributed by atoms with E-state index in [0.717, 1.165) is 0 Å². The first-order chi connectivity index (χ1) is 8.33. The fourth-order valence-electron chi connectivity index (χ4n) is 3.38. The van der Waals surface area contributed by atoms with Crippen molar-refractivity contribution in [2.75, 3.05) is 6.79 Å². The van der Waals surface area contributed by atoms with Gasteiger partial charge in [-0.3, -0.25) is 0 Å². The minimum atomic E-state index is -1.66. The van der Waals surface area contributed by atoms with Crippen molar-refractivity contribution in [3.8, 4) is 0 Å². The van der Waals surface area contributed by atoms with E-state index >= 15 is 0 Å². The van der Waals surface area contributed by atoms with Gasteiger partial charge in [0.2, 0.25) is 0 Å². The van der Waals surface area contributed by atoms with Crippen LogP contribution in [0.3, 0.4) is 0 Å². The second-order valence-corrected chi connectivity index (χ2v) is 53.7. The topological polar surface area (TPSA) is 35.5 Å². The minimum absolute atomic E-state index is 0.131. The van der Waals surface area contributed by atoms with E-state index in [1.807, 2.05) is 0 Å². The van der Waals surface area contributed by atoms with Crippen molar-refractivity contribution in [3.63, 3.8) is 0 Å². The average molecular weight is 333 g/mol. The molecule has 0 aromatic carbocycles. The highest BCUT2D eigenvalue weighted by Gasteiger charge is 2.79. The van der Waals surface area contributed by atoms with Gasteiger partial charge in [0, 0.05) is 12.7 Å². The molecular formula is C12H28O3Si4. The van der Waals surface area contributed by atoms with Crippen LogP contribution in [0.4, 0.5) is 0 Å². The van der Waals surface area contributed by atoms with E-state index in [1.54, 1.807) is 6.92 Å². The lowest BCUT2D eigenvalue weighted by Gasteiger charge is -2.71. The van der Waals surface area contributed by atoms with Gasteiger partial charge in [0.05, 0.1) is 14.2 Å². The van der Waals surface area contributed by atoms with Crippen LogP contribution >= 0.6 is 0 Å². The number of esters is 1. The molecule has 0 aliphatic carbocycles. The highest BCUT2D eigenvalue weighted by molar-refractivity contribution is 8.12. The van der Waals surface area contributed by atoms with Gasteiger partial charge in [-0.1, -0.05) is 52.4 Å². The molecule has 3 nitrogen and oxygen atoms in total. The van der Waals surface area contributed by atoms with Crippen LogP contribution in [0.15, 0.2) is 12.2 Å². The smallest absolute Gasteiger partial charge is 0.335 e. The van der Waals surface area contributed by atoms with E-state index in [9.17, 15) is 4.79 Å². The summed E-state index contributed by atoms with van der Waals surface area (Å²) in [7, 11) is -5.27.